The highest BCUT2D eigenvalue weighted by Gasteiger charge is 2.24. The first kappa shape index (κ1) is 18.1. The second-order valence-electron chi connectivity index (χ2n) is 6.02. The summed E-state index contributed by atoms with van der Waals surface area (Å²) in [4.78, 5) is 28.0. The molecule has 1 fully saturated rings. The molecule has 0 unspecified atom stereocenters. The predicted octanol–water partition coefficient (Wildman–Crippen LogP) is 3.48. The van der Waals surface area contributed by atoms with Gasteiger partial charge in [0.2, 0.25) is 5.91 Å². The van der Waals surface area contributed by atoms with E-state index in [9.17, 15) is 14.0 Å². The highest BCUT2D eigenvalue weighted by Crippen LogP contribution is 2.13. The lowest BCUT2D eigenvalue weighted by molar-refractivity contribution is -0.127. The normalized spacial score (nSPS) is 14.7. The van der Waals surface area contributed by atoms with Gasteiger partial charge in [-0.25, -0.2) is 4.39 Å². The van der Waals surface area contributed by atoms with Crippen molar-refractivity contribution < 1.29 is 14.0 Å². The molecule has 0 saturated carbocycles. The van der Waals surface area contributed by atoms with Gasteiger partial charge >= 0.3 is 0 Å². The molecule has 4 nitrogen and oxygen atoms in total. The predicted molar refractivity (Wildman–Crippen MR) is 99.4 cm³/mol. The Hall–Kier alpha value is -2.66. The van der Waals surface area contributed by atoms with E-state index in [1.54, 1.807) is 34.1 Å². The van der Waals surface area contributed by atoms with E-state index in [1.165, 1.54) is 24.3 Å². The highest BCUT2D eigenvalue weighted by molar-refractivity contribution is 6.30. The van der Waals surface area contributed by atoms with Crippen LogP contribution in [0.15, 0.2) is 54.6 Å². The van der Waals surface area contributed by atoms with Gasteiger partial charge in [0.15, 0.2) is 0 Å². The van der Waals surface area contributed by atoms with Crippen LogP contribution in [0.4, 0.5) is 4.39 Å². The standard InChI is InChI=1S/C20H18ClFN2O2/c21-17-5-1-3-15(13-17)7-8-19(25)23-9-11-24(12-10-23)20(26)16-4-2-6-18(22)14-16/h1-8,13-14H,9-12H2/b8-7+. The fourth-order valence-electron chi connectivity index (χ4n) is 2.82. The quantitative estimate of drug-likeness (QED) is 0.774. The van der Waals surface area contributed by atoms with Gasteiger partial charge in [0.25, 0.3) is 5.91 Å². The first-order chi connectivity index (χ1) is 12.5. The lowest BCUT2D eigenvalue weighted by atomic mass is 10.1. The Morgan fingerprint density at radius 1 is 0.962 bits per heavy atom. The van der Waals surface area contributed by atoms with Crippen molar-refractivity contribution in [2.45, 2.75) is 0 Å². The second-order valence-corrected chi connectivity index (χ2v) is 6.45. The fraction of sp³-hybridized carbons (Fsp3) is 0.200. The summed E-state index contributed by atoms with van der Waals surface area (Å²) in [6.07, 6.45) is 3.23. The molecular weight excluding hydrogens is 355 g/mol. The molecule has 1 aliphatic rings. The van der Waals surface area contributed by atoms with Crippen LogP contribution in [0.1, 0.15) is 15.9 Å². The van der Waals surface area contributed by atoms with Crippen LogP contribution < -0.4 is 0 Å². The number of hydrogen-bond donors (Lipinski definition) is 0. The number of rotatable bonds is 3. The first-order valence-electron chi connectivity index (χ1n) is 8.30. The molecule has 134 valence electrons. The molecule has 1 saturated heterocycles. The maximum absolute atomic E-state index is 13.3. The molecule has 0 radical (unpaired) electrons. The van der Waals surface area contributed by atoms with E-state index in [0.717, 1.165) is 5.56 Å². The summed E-state index contributed by atoms with van der Waals surface area (Å²) in [6.45, 7) is 1.73. The average molecular weight is 373 g/mol. The van der Waals surface area contributed by atoms with Gasteiger partial charge in [-0.2, -0.15) is 0 Å². The maximum atomic E-state index is 13.3. The van der Waals surface area contributed by atoms with E-state index in [4.69, 9.17) is 11.6 Å². The first-order valence-corrected chi connectivity index (χ1v) is 8.68. The summed E-state index contributed by atoms with van der Waals surface area (Å²) in [6, 6.07) is 12.9. The Bertz CT molecular complexity index is 845. The molecule has 0 bridgehead atoms. The monoisotopic (exact) mass is 372 g/mol. The van der Waals surface area contributed by atoms with Crippen LogP contribution >= 0.6 is 11.6 Å². The summed E-state index contributed by atoms with van der Waals surface area (Å²) in [7, 11) is 0. The van der Waals surface area contributed by atoms with Crippen LogP contribution in [-0.2, 0) is 4.79 Å². The van der Waals surface area contributed by atoms with Crippen molar-refractivity contribution in [1.82, 2.24) is 9.80 Å². The van der Waals surface area contributed by atoms with Gasteiger partial charge in [-0.05, 0) is 42.0 Å². The van der Waals surface area contributed by atoms with E-state index >= 15 is 0 Å². The van der Waals surface area contributed by atoms with E-state index in [2.05, 4.69) is 0 Å². The molecule has 0 aromatic heterocycles. The third-order valence-corrected chi connectivity index (χ3v) is 4.45. The maximum Gasteiger partial charge on any atom is 0.254 e. The summed E-state index contributed by atoms with van der Waals surface area (Å²) in [5.74, 6) is -0.760. The molecule has 0 aliphatic carbocycles. The summed E-state index contributed by atoms with van der Waals surface area (Å²) in [5, 5.41) is 0.615. The number of halogens is 2. The average Bonchev–Trinajstić information content (AvgIpc) is 2.66. The van der Waals surface area contributed by atoms with Gasteiger partial charge < -0.3 is 9.80 Å². The van der Waals surface area contributed by atoms with Crippen molar-refractivity contribution in [2.75, 3.05) is 26.2 Å². The largest absolute Gasteiger partial charge is 0.336 e. The molecule has 3 rings (SSSR count). The number of carbonyl (C=O) groups excluding carboxylic acids is 2. The van der Waals surface area contributed by atoms with E-state index in [0.29, 0.717) is 36.8 Å². The molecule has 6 heteroatoms. The Balaban J connectivity index is 1.56. The molecule has 0 spiro atoms. The molecule has 2 amide bonds. The Kier molecular flexibility index (Phi) is 5.68. The molecule has 0 N–H and O–H groups in total. The van der Waals surface area contributed by atoms with Crippen molar-refractivity contribution in [1.29, 1.82) is 0 Å². The summed E-state index contributed by atoms with van der Waals surface area (Å²) in [5.41, 5.74) is 1.18. The zero-order valence-electron chi connectivity index (χ0n) is 14.1. The van der Waals surface area contributed by atoms with Gasteiger partial charge in [0, 0.05) is 42.8 Å². The summed E-state index contributed by atoms with van der Waals surface area (Å²) >= 11 is 5.92. The number of piperazine rings is 1. The van der Waals surface area contributed by atoms with E-state index in [-0.39, 0.29) is 11.8 Å². The topological polar surface area (TPSA) is 40.6 Å². The van der Waals surface area contributed by atoms with Crippen molar-refractivity contribution in [2.24, 2.45) is 0 Å². The number of benzene rings is 2. The fourth-order valence-corrected chi connectivity index (χ4v) is 3.02. The molecule has 2 aromatic rings. The van der Waals surface area contributed by atoms with Crippen molar-refractivity contribution in [3.8, 4) is 0 Å². The van der Waals surface area contributed by atoms with Crippen LogP contribution in [0.2, 0.25) is 5.02 Å². The van der Waals surface area contributed by atoms with Crippen LogP contribution in [0.25, 0.3) is 6.08 Å². The molecular formula is C20H18ClFN2O2. The number of nitrogens with zero attached hydrogens (tertiary/aromatic N) is 2. The molecule has 0 atom stereocenters. The SMILES string of the molecule is O=C(/C=C/c1cccc(Cl)c1)N1CCN(C(=O)c2cccc(F)c2)CC1. The third-order valence-electron chi connectivity index (χ3n) is 4.22. The Labute approximate surface area is 156 Å². The lowest BCUT2D eigenvalue weighted by Crippen LogP contribution is -2.50. The Morgan fingerprint density at radius 2 is 1.65 bits per heavy atom. The van der Waals surface area contributed by atoms with Crippen LogP contribution in [0.5, 0.6) is 0 Å². The molecule has 1 aliphatic heterocycles. The smallest absolute Gasteiger partial charge is 0.254 e. The van der Waals surface area contributed by atoms with Crippen molar-refractivity contribution in [3.63, 3.8) is 0 Å². The number of amides is 2. The van der Waals surface area contributed by atoms with E-state index < -0.39 is 5.82 Å². The van der Waals surface area contributed by atoms with Gasteiger partial charge in [0.05, 0.1) is 0 Å². The van der Waals surface area contributed by atoms with Gasteiger partial charge in [0.1, 0.15) is 5.82 Å². The second kappa shape index (κ2) is 8.15. The molecule has 26 heavy (non-hydrogen) atoms. The minimum Gasteiger partial charge on any atom is -0.336 e. The van der Waals surface area contributed by atoms with Crippen molar-refractivity contribution >= 4 is 29.5 Å². The third kappa shape index (κ3) is 4.49. The lowest BCUT2D eigenvalue weighted by Gasteiger charge is -2.34. The van der Waals surface area contributed by atoms with Crippen LogP contribution in [0, 0.1) is 5.82 Å². The number of hydrogen-bond acceptors (Lipinski definition) is 2. The zero-order valence-corrected chi connectivity index (χ0v) is 14.8. The van der Waals surface area contributed by atoms with Crippen molar-refractivity contribution in [3.05, 3.63) is 76.6 Å². The molecule has 2 aromatic carbocycles. The van der Waals surface area contributed by atoms with Crippen LogP contribution in [0.3, 0.4) is 0 Å². The van der Waals surface area contributed by atoms with Gasteiger partial charge in [-0.1, -0.05) is 29.8 Å². The molecule has 1 heterocycles. The van der Waals surface area contributed by atoms with Gasteiger partial charge in [-0.15, -0.1) is 0 Å². The van der Waals surface area contributed by atoms with E-state index in [1.807, 2.05) is 12.1 Å². The van der Waals surface area contributed by atoms with Crippen LogP contribution in [-0.4, -0.2) is 47.8 Å². The minimum atomic E-state index is -0.434. The minimum absolute atomic E-state index is 0.108. The highest BCUT2D eigenvalue weighted by atomic mass is 35.5. The summed E-state index contributed by atoms with van der Waals surface area (Å²) < 4.78 is 13.3. The van der Waals surface area contributed by atoms with Gasteiger partial charge in [-0.3, -0.25) is 9.59 Å². The Morgan fingerprint density at radius 3 is 2.35 bits per heavy atom. The number of carbonyl (C=O) groups is 2. The zero-order chi connectivity index (χ0) is 18.5.